The lowest BCUT2D eigenvalue weighted by molar-refractivity contribution is -0.148. The smallest absolute Gasteiger partial charge is 0.417 e. The van der Waals surface area contributed by atoms with Gasteiger partial charge in [0.2, 0.25) is 5.91 Å². The molecule has 1 atom stereocenters. The van der Waals surface area contributed by atoms with E-state index in [2.05, 4.69) is 4.74 Å². The molecule has 0 N–H and O–H groups in total. The third kappa shape index (κ3) is 2.50. The fraction of sp³-hybridized carbons (Fsp3) is 0.700. The first-order chi connectivity index (χ1) is 7.47. The molecule has 2 amide bonds. The van der Waals surface area contributed by atoms with Gasteiger partial charge in [-0.1, -0.05) is 0 Å². The molecular weight excluding hydrogens is 214 g/mol. The SMILES string of the molecule is COC(=O)[C@H]1CCC(=O)N1C(=O)OC(C)C. The van der Waals surface area contributed by atoms with Crippen molar-refractivity contribution in [3.05, 3.63) is 0 Å². The molecule has 1 aliphatic rings. The number of imide groups is 1. The lowest BCUT2D eigenvalue weighted by atomic mass is 10.2. The lowest BCUT2D eigenvalue weighted by Gasteiger charge is -2.21. The quantitative estimate of drug-likeness (QED) is 0.651. The number of likely N-dealkylation sites (tertiary alicyclic amines) is 1. The minimum atomic E-state index is -0.844. The Labute approximate surface area is 93.5 Å². The van der Waals surface area contributed by atoms with E-state index in [0.717, 1.165) is 4.90 Å². The third-order valence-electron chi connectivity index (χ3n) is 2.22. The van der Waals surface area contributed by atoms with E-state index < -0.39 is 24.0 Å². The van der Waals surface area contributed by atoms with Crippen LogP contribution in [0.25, 0.3) is 0 Å². The Bertz CT molecular complexity index is 312. The second-order valence-electron chi connectivity index (χ2n) is 3.77. The van der Waals surface area contributed by atoms with Crippen molar-refractivity contribution in [3.63, 3.8) is 0 Å². The van der Waals surface area contributed by atoms with Crippen LogP contribution in [0, 0.1) is 0 Å². The summed E-state index contributed by atoms with van der Waals surface area (Å²) in [6, 6.07) is -0.844. The van der Waals surface area contributed by atoms with Gasteiger partial charge in [0.25, 0.3) is 0 Å². The molecule has 0 unspecified atom stereocenters. The maximum atomic E-state index is 11.6. The van der Waals surface area contributed by atoms with E-state index in [1.807, 2.05) is 0 Å². The van der Waals surface area contributed by atoms with Gasteiger partial charge in [0.05, 0.1) is 13.2 Å². The van der Waals surface area contributed by atoms with Gasteiger partial charge in [-0.3, -0.25) is 4.79 Å². The van der Waals surface area contributed by atoms with E-state index in [0.29, 0.717) is 6.42 Å². The first-order valence-corrected chi connectivity index (χ1v) is 5.08. The van der Waals surface area contributed by atoms with Crippen molar-refractivity contribution in [2.24, 2.45) is 0 Å². The minimum absolute atomic E-state index is 0.160. The van der Waals surface area contributed by atoms with Gasteiger partial charge < -0.3 is 9.47 Å². The monoisotopic (exact) mass is 229 g/mol. The van der Waals surface area contributed by atoms with Gasteiger partial charge in [0, 0.05) is 6.42 Å². The van der Waals surface area contributed by atoms with Gasteiger partial charge in [0.1, 0.15) is 6.04 Å². The summed E-state index contributed by atoms with van der Waals surface area (Å²) in [5, 5.41) is 0. The highest BCUT2D eigenvalue weighted by atomic mass is 16.6. The second kappa shape index (κ2) is 4.96. The summed E-state index contributed by atoms with van der Waals surface area (Å²) < 4.78 is 9.42. The summed E-state index contributed by atoms with van der Waals surface area (Å²) in [7, 11) is 1.22. The molecule has 0 saturated carbocycles. The maximum Gasteiger partial charge on any atom is 0.417 e. The van der Waals surface area contributed by atoms with Crippen LogP contribution in [0.4, 0.5) is 4.79 Å². The topological polar surface area (TPSA) is 72.9 Å². The van der Waals surface area contributed by atoms with E-state index in [-0.39, 0.29) is 12.5 Å². The van der Waals surface area contributed by atoms with Crippen LogP contribution >= 0.6 is 0 Å². The zero-order valence-electron chi connectivity index (χ0n) is 9.56. The standard InChI is InChI=1S/C10H15NO5/c1-6(2)16-10(14)11-7(9(13)15-3)4-5-8(11)12/h6-7H,4-5H2,1-3H3/t7-/m1/s1. The zero-order chi connectivity index (χ0) is 12.3. The molecule has 0 bridgehead atoms. The molecule has 0 aromatic carbocycles. The van der Waals surface area contributed by atoms with Crippen molar-refractivity contribution in [2.45, 2.75) is 38.8 Å². The molecular formula is C10H15NO5. The van der Waals surface area contributed by atoms with E-state index in [4.69, 9.17) is 4.74 Å². The fourth-order valence-corrected chi connectivity index (χ4v) is 1.53. The van der Waals surface area contributed by atoms with Crippen molar-refractivity contribution in [2.75, 3.05) is 7.11 Å². The number of amides is 2. The molecule has 1 rings (SSSR count). The molecule has 0 aromatic rings. The predicted molar refractivity (Wildman–Crippen MR) is 53.5 cm³/mol. The number of methoxy groups -OCH3 is 1. The van der Waals surface area contributed by atoms with Crippen molar-refractivity contribution < 1.29 is 23.9 Å². The predicted octanol–water partition coefficient (Wildman–Crippen LogP) is 0.695. The van der Waals surface area contributed by atoms with Crippen LogP contribution in [0.15, 0.2) is 0 Å². The number of ether oxygens (including phenoxy) is 2. The molecule has 0 aliphatic carbocycles. The van der Waals surface area contributed by atoms with Crippen LogP contribution < -0.4 is 0 Å². The molecule has 16 heavy (non-hydrogen) atoms. The highest BCUT2D eigenvalue weighted by Gasteiger charge is 2.42. The summed E-state index contributed by atoms with van der Waals surface area (Å²) in [5.74, 6) is -0.993. The molecule has 0 spiro atoms. The third-order valence-corrected chi connectivity index (χ3v) is 2.22. The molecule has 0 radical (unpaired) electrons. The van der Waals surface area contributed by atoms with E-state index >= 15 is 0 Å². The van der Waals surface area contributed by atoms with E-state index in [1.165, 1.54) is 7.11 Å². The molecule has 1 fully saturated rings. The van der Waals surface area contributed by atoms with Crippen molar-refractivity contribution in [1.82, 2.24) is 4.90 Å². The Kier molecular flexibility index (Phi) is 3.87. The fourth-order valence-electron chi connectivity index (χ4n) is 1.53. The second-order valence-corrected chi connectivity index (χ2v) is 3.77. The van der Waals surface area contributed by atoms with Crippen LogP contribution in [0.3, 0.4) is 0 Å². The molecule has 1 aliphatic heterocycles. The van der Waals surface area contributed by atoms with Crippen molar-refractivity contribution in [1.29, 1.82) is 0 Å². The van der Waals surface area contributed by atoms with E-state index in [1.54, 1.807) is 13.8 Å². The number of esters is 1. The average Bonchev–Trinajstić information content (AvgIpc) is 2.58. The van der Waals surface area contributed by atoms with Crippen LogP contribution in [-0.2, 0) is 19.1 Å². The molecule has 6 heteroatoms. The first-order valence-electron chi connectivity index (χ1n) is 5.08. The number of hydrogen-bond acceptors (Lipinski definition) is 5. The molecule has 6 nitrogen and oxygen atoms in total. The summed E-state index contributed by atoms with van der Waals surface area (Å²) in [6.07, 6.45) is -0.668. The molecule has 0 aromatic heterocycles. The highest BCUT2D eigenvalue weighted by molar-refractivity contribution is 5.99. The van der Waals surface area contributed by atoms with Crippen molar-refractivity contribution >= 4 is 18.0 Å². The first kappa shape index (κ1) is 12.5. The van der Waals surface area contributed by atoms with Crippen LogP contribution in [0.5, 0.6) is 0 Å². The van der Waals surface area contributed by atoms with Gasteiger partial charge in [-0.05, 0) is 20.3 Å². The normalized spacial score (nSPS) is 20.1. The number of carbonyl (C=O) groups is 3. The maximum absolute atomic E-state index is 11.6. The average molecular weight is 229 g/mol. The van der Waals surface area contributed by atoms with E-state index in [9.17, 15) is 14.4 Å². The lowest BCUT2D eigenvalue weighted by Crippen LogP contribution is -2.44. The minimum Gasteiger partial charge on any atom is -0.467 e. The summed E-state index contributed by atoms with van der Waals surface area (Å²) in [4.78, 5) is 35.2. The van der Waals surface area contributed by atoms with Crippen LogP contribution in [0.1, 0.15) is 26.7 Å². The summed E-state index contributed by atoms with van der Waals surface area (Å²) >= 11 is 0. The largest absolute Gasteiger partial charge is 0.467 e. The number of carbonyl (C=O) groups excluding carboxylic acids is 3. The Morgan fingerprint density at radius 1 is 1.44 bits per heavy atom. The summed E-state index contributed by atoms with van der Waals surface area (Å²) in [6.45, 7) is 3.34. The molecule has 1 heterocycles. The van der Waals surface area contributed by atoms with Gasteiger partial charge in [0.15, 0.2) is 0 Å². The van der Waals surface area contributed by atoms with Gasteiger partial charge in [-0.15, -0.1) is 0 Å². The van der Waals surface area contributed by atoms with Crippen LogP contribution in [-0.4, -0.2) is 42.1 Å². The Morgan fingerprint density at radius 2 is 2.06 bits per heavy atom. The van der Waals surface area contributed by atoms with Gasteiger partial charge >= 0.3 is 12.1 Å². The van der Waals surface area contributed by atoms with Crippen molar-refractivity contribution in [3.8, 4) is 0 Å². The highest BCUT2D eigenvalue weighted by Crippen LogP contribution is 2.21. The zero-order valence-corrected chi connectivity index (χ0v) is 9.56. The Balaban J connectivity index is 2.77. The molecule has 1 saturated heterocycles. The molecule has 90 valence electrons. The number of rotatable bonds is 2. The van der Waals surface area contributed by atoms with Gasteiger partial charge in [-0.25, -0.2) is 14.5 Å². The van der Waals surface area contributed by atoms with Crippen LogP contribution in [0.2, 0.25) is 0 Å². The Morgan fingerprint density at radius 3 is 2.56 bits per heavy atom. The number of hydrogen-bond donors (Lipinski definition) is 0. The van der Waals surface area contributed by atoms with Gasteiger partial charge in [-0.2, -0.15) is 0 Å². The Hall–Kier alpha value is -1.59. The number of nitrogens with zero attached hydrogens (tertiary/aromatic N) is 1. The summed E-state index contributed by atoms with van der Waals surface area (Å²) in [5.41, 5.74) is 0.